The van der Waals surface area contributed by atoms with Gasteiger partial charge in [0.1, 0.15) is 0 Å². The monoisotopic (exact) mass is 214 g/mol. The predicted molar refractivity (Wildman–Crippen MR) is 56.1 cm³/mol. The summed E-state index contributed by atoms with van der Waals surface area (Å²) in [6.07, 6.45) is 2.52. The Bertz CT molecular complexity index is 315. The van der Waals surface area contributed by atoms with Crippen LogP contribution < -0.4 is 11.3 Å². The second kappa shape index (κ2) is 5.78. The van der Waals surface area contributed by atoms with Crippen molar-refractivity contribution < 1.29 is 8.78 Å². The average molecular weight is 214 g/mol. The second-order valence-corrected chi connectivity index (χ2v) is 3.60. The molecule has 84 valence electrons. The van der Waals surface area contributed by atoms with Crippen LogP contribution in [0.4, 0.5) is 8.78 Å². The van der Waals surface area contributed by atoms with E-state index < -0.39 is 11.6 Å². The highest BCUT2D eigenvalue weighted by atomic mass is 19.2. The molecule has 0 saturated heterocycles. The summed E-state index contributed by atoms with van der Waals surface area (Å²) in [5.41, 5.74) is 3.42. The van der Waals surface area contributed by atoms with Crippen molar-refractivity contribution >= 4 is 0 Å². The van der Waals surface area contributed by atoms with Crippen LogP contribution in [0.5, 0.6) is 0 Å². The van der Waals surface area contributed by atoms with Crippen molar-refractivity contribution in [2.45, 2.75) is 32.2 Å². The summed E-state index contributed by atoms with van der Waals surface area (Å²) in [6.45, 7) is 2.05. The number of nitrogens with two attached hydrogens (primary N) is 1. The topological polar surface area (TPSA) is 38.0 Å². The first-order chi connectivity index (χ1) is 7.17. The van der Waals surface area contributed by atoms with Gasteiger partial charge in [-0.3, -0.25) is 11.3 Å². The Morgan fingerprint density at radius 3 is 2.60 bits per heavy atom. The van der Waals surface area contributed by atoms with E-state index in [1.807, 2.05) is 0 Å². The molecule has 15 heavy (non-hydrogen) atoms. The van der Waals surface area contributed by atoms with Gasteiger partial charge in [0.25, 0.3) is 0 Å². The predicted octanol–water partition coefficient (Wildman–Crippen LogP) is 2.14. The standard InChI is InChI=1S/C11H16F2N2/c1-2-3-9(15-14)6-8-4-5-10(12)11(13)7-8/h4-5,7,9,15H,2-3,6,14H2,1H3. The van der Waals surface area contributed by atoms with E-state index in [9.17, 15) is 8.78 Å². The molecule has 0 bridgehead atoms. The van der Waals surface area contributed by atoms with Gasteiger partial charge in [0.2, 0.25) is 0 Å². The van der Waals surface area contributed by atoms with Gasteiger partial charge in [0.15, 0.2) is 11.6 Å². The lowest BCUT2D eigenvalue weighted by Gasteiger charge is -2.14. The fourth-order valence-electron chi connectivity index (χ4n) is 1.54. The highest BCUT2D eigenvalue weighted by Crippen LogP contribution is 2.12. The van der Waals surface area contributed by atoms with Gasteiger partial charge in [0.05, 0.1) is 0 Å². The number of halogens is 2. The normalized spacial score (nSPS) is 12.8. The van der Waals surface area contributed by atoms with Crippen molar-refractivity contribution in [2.75, 3.05) is 0 Å². The van der Waals surface area contributed by atoms with Crippen LogP contribution in [0.2, 0.25) is 0 Å². The molecule has 0 aliphatic heterocycles. The smallest absolute Gasteiger partial charge is 0.159 e. The van der Waals surface area contributed by atoms with E-state index in [0.717, 1.165) is 24.5 Å². The van der Waals surface area contributed by atoms with Crippen LogP contribution in [0.3, 0.4) is 0 Å². The molecular formula is C11H16F2N2. The van der Waals surface area contributed by atoms with E-state index in [-0.39, 0.29) is 6.04 Å². The summed E-state index contributed by atoms with van der Waals surface area (Å²) in [7, 11) is 0. The summed E-state index contributed by atoms with van der Waals surface area (Å²) >= 11 is 0. The van der Waals surface area contributed by atoms with Crippen LogP contribution in [0.15, 0.2) is 18.2 Å². The molecule has 1 aromatic rings. The number of hydrazine groups is 1. The van der Waals surface area contributed by atoms with Crippen molar-refractivity contribution in [3.05, 3.63) is 35.4 Å². The average Bonchev–Trinajstić information content (AvgIpc) is 2.23. The number of nitrogens with one attached hydrogen (secondary N) is 1. The Morgan fingerprint density at radius 1 is 1.33 bits per heavy atom. The molecule has 0 heterocycles. The fourth-order valence-corrected chi connectivity index (χ4v) is 1.54. The molecule has 1 unspecified atom stereocenters. The van der Waals surface area contributed by atoms with E-state index in [2.05, 4.69) is 12.3 Å². The van der Waals surface area contributed by atoms with Crippen LogP contribution in [-0.4, -0.2) is 6.04 Å². The molecule has 0 amide bonds. The van der Waals surface area contributed by atoms with Crippen molar-refractivity contribution in [3.8, 4) is 0 Å². The van der Waals surface area contributed by atoms with Gasteiger partial charge in [-0.05, 0) is 30.5 Å². The lowest BCUT2D eigenvalue weighted by molar-refractivity contribution is 0.479. The number of hydrogen-bond donors (Lipinski definition) is 2. The molecule has 0 aromatic heterocycles. The summed E-state index contributed by atoms with van der Waals surface area (Å²) in [5, 5.41) is 0. The van der Waals surface area contributed by atoms with Crippen LogP contribution in [0, 0.1) is 11.6 Å². The third-order valence-electron chi connectivity index (χ3n) is 2.34. The number of rotatable bonds is 5. The van der Waals surface area contributed by atoms with Gasteiger partial charge in [-0.2, -0.15) is 0 Å². The van der Waals surface area contributed by atoms with E-state index in [4.69, 9.17) is 5.84 Å². The van der Waals surface area contributed by atoms with Crippen LogP contribution in [-0.2, 0) is 6.42 Å². The molecule has 0 aliphatic carbocycles. The zero-order valence-electron chi connectivity index (χ0n) is 8.76. The van der Waals surface area contributed by atoms with Crippen molar-refractivity contribution in [3.63, 3.8) is 0 Å². The van der Waals surface area contributed by atoms with Crippen molar-refractivity contribution in [1.29, 1.82) is 0 Å². The van der Waals surface area contributed by atoms with Crippen LogP contribution in [0.25, 0.3) is 0 Å². The van der Waals surface area contributed by atoms with Gasteiger partial charge in [-0.25, -0.2) is 8.78 Å². The van der Waals surface area contributed by atoms with Gasteiger partial charge in [-0.15, -0.1) is 0 Å². The maximum Gasteiger partial charge on any atom is 0.159 e. The zero-order valence-corrected chi connectivity index (χ0v) is 8.76. The summed E-state index contributed by atoms with van der Waals surface area (Å²) < 4.78 is 25.5. The molecule has 0 radical (unpaired) electrons. The van der Waals surface area contributed by atoms with E-state index in [1.54, 1.807) is 6.07 Å². The lowest BCUT2D eigenvalue weighted by atomic mass is 10.0. The van der Waals surface area contributed by atoms with Gasteiger partial charge in [-0.1, -0.05) is 19.4 Å². The minimum atomic E-state index is -0.813. The largest absolute Gasteiger partial charge is 0.271 e. The minimum Gasteiger partial charge on any atom is -0.271 e. The van der Waals surface area contributed by atoms with Gasteiger partial charge >= 0.3 is 0 Å². The fraction of sp³-hybridized carbons (Fsp3) is 0.455. The molecule has 1 atom stereocenters. The third kappa shape index (κ3) is 3.57. The molecule has 0 saturated carbocycles. The maximum atomic E-state index is 12.9. The molecule has 1 aromatic carbocycles. The van der Waals surface area contributed by atoms with Gasteiger partial charge < -0.3 is 0 Å². The Hall–Kier alpha value is -1.00. The van der Waals surface area contributed by atoms with E-state index in [0.29, 0.717) is 6.42 Å². The van der Waals surface area contributed by atoms with Crippen LogP contribution in [0.1, 0.15) is 25.3 Å². The molecule has 1 rings (SSSR count). The highest BCUT2D eigenvalue weighted by molar-refractivity contribution is 5.18. The minimum absolute atomic E-state index is 0.111. The Morgan fingerprint density at radius 2 is 2.07 bits per heavy atom. The molecule has 2 nitrogen and oxygen atoms in total. The summed E-state index contributed by atoms with van der Waals surface area (Å²) in [6, 6.07) is 4.05. The SMILES string of the molecule is CCCC(Cc1ccc(F)c(F)c1)NN. The van der Waals surface area contributed by atoms with Crippen molar-refractivity contribution in [2.24, 2.45) is 5.84 Å². The quantitative estimate of drug-likeness (QED) is 0.582. The Balaban J connectivity index is 2.66. The summed E-state index contributed by atoms with van der Waals surface area (Å²) in [5.74, 6) is 3.74. The molecule has 0 spiro atoms. The molecular weight excluding hydrogens is 198 g/mol. The number of benzene rings is 1. The Labute approximate surface area is 88.4 Å². The first kappa shape index (κ1) is 12.1. The van der Waals surface area contributed by atoms with Crippen LogP contribution >= 0.6 is 0 Å². The Kier molecular flexibility index (Phi) is 4.65. The molecule has 4 heteroatoms. The molecule has 3 N–H and O–H groups in total. The molecule has 0 aliphatic rings. The number of hydrogen-bond acceptors (Lipinski definition) is 2. The van der Waals surface area contributed by atoms with Crippen molar-refractivity contribution in [1.82, 2.24) is 5.43 Å². The first-order valence-electron chi connectivity index (χ1n) is 5.07. The lowest BCUT2D eigenvalue weighted by Crippen LogP contribution is -2.36. The first-order valence-corrected chi connectivity index (χ1v) is 5.07. The van der Waals surface area contributed by atoms with E-state index in [1.165, 1.54) is 6.07 Å². The highest BCUT2D eigenvalue weighted by Gasteiger charge is 2.08. The van der Waals surface area contributed by atoms with E-state index >= 15 is 0 Å². The molecule has 0 fully saturated rings. The summed E-state index contributed by atoms with van der Waals surface area (Å²) in [4.78, 5) is 0. The maximum absolute atomic E-state index is 12.9. The zero-order chi connectivity index (χ0) is 11.3. The third-order valence-corrected chi connectivity index (χ3v) is 2.34. The second-order valence-electron chi connectivity index (χ2n) is 3.60. The van der Waals surface area contributed by atoms with Gasteiger partial charge in [0, 0.05) is 6.04 Å².